The van der Waals surface area contributed by atoms with Crippen LogP contribution in [0.15, 0.2) is 0 Å². The van der Waals surface area contributed by atoms with Crippen LogP contribution in [-0.4, -0.2) is 25.7 Å². The van der Waals surface area contributed by atoms with Crippen LogP contribution < -0.4 is 0 Å². The molecule has 0 spiro atoms. The third-order valence-corrected chi connectivity index (χ3v) is 1.43. The van der Waals surface area contributed by atoms with E-state index < -0.39 is 18.7 Å². The molecule has 0 aromatic carbocycles. The lowest BCUT2D eigenvalue weighted by atomic mass is 10.2. The molecule has 0 aliphatic carbocycles. The van der Waals surface area contributed by atoms with Gasteiger partial charge in [0, 0.05) is 0 Å². The Labute approximate surface area is 62.3 Å². The molecule has 66 valence electrons. The van der Waals surface area contributed by atoms with Crippen LogP contribution in [0.25, 0.3) is 0 Å². The van der Waals surface area contributed by atoms with E-state index in [-0.39, 0.29) is 6.79 Å². The SMILES string of the molecule is FC(F)(F)CC1CCOCO1. The van der Waals surface area contributed by atoms with Crippen molar-refractivity contribution in [3.05, 3.63) is 0 Å². The molecule has 1 unspecified atom stereocenters. The fraction of sp³-hybridized carbons (Fsp3) is 1.00. The fourth-order valence-corrected chi connectivity index (χ4v) is 0.921. The molecule has 1 aliphatic rings. The van der Waals surface area contributed by atoms with Gasteiger partial charge < -0.3 is 9.47 Å². The Balaban J connectivity index is 2.24. The summed E-state index contributed by atoms with van der Waals surface area (Å²) in [6.45, 7) is 0.349. The van der Waals surface area contributed by atoms with Crippen LogP contribution in [0.1, 0.15) is 12.8 Å². The standard InChI is InChI=1S/C6H9F3O2/c7-6(8,9)3-5-1-2-10-4-11-5/h5H,1-4H2. The van der Waals surface area contributed by atoms with E-state index in [2.05, 4.69) is 0 Å². The van der Waals surface area contributed by atoms with Gasteiger partial charge in [0.05, 0.1) is 19.1 Å². The maximum atomic E-state index is 11.7. The number of hydrogen-bond donors (Lipinski definition) is 0. The summed E-state index contributed by atoms with van der Waals surface area (Å²) in [7, 11) is 0. The summed E-state index contributed by atoms with van der Waals surface area (Å²) in [5.74, 6) is 0. The second kappa shape index (κ2) is 3.40. The van der Waals surface area contributed by atoms with Crippen molar-refractivity contribution in [3.63, 3.8) is 0 Å². The minimum atomic E-state index is -4.12. The maximum absolute atomic E-state index is 11.7. The van der Waals surface area contributed by atoms with Crippen molar-refractivity contribution in [3.8, 4) is 0 Å². The first-order valence-electron chi connectivity index (χ1n) is 3.34. The molecule has 11 heavy (non-hydrogen) atoms. The van der Waals surface area contributed by atoms with Crippen LogP contribution in [0.5, 0.6) is 0 Å². The molecule has 1 atom stereocenters. The normalized spacial score (nSPS) is 27.0. The lowest BCUT2D eigenvalue weighted by molar-refractivity contribution is -0.198. The van der Waals surface area contributed by atoms with Crippen LogP contribution in [-0.2, 0) is 9.47 Å². The van der Waals surface area contributed by atoms with Crippen molar-refractivity contribution in [2.75, 3.05) is 13.4 Å². The van der Waals surface area contributed by atoms with Gasteiger partial charge in [-0.25, -0.2) is 0 Å². The Morgan fingerprint density at radius 2 is 2.09 bits per heavy atom. The molecule has 1 rings (SSSR count). The largest absolute Gasteiger partial charge is 0.391 e. The summed E-state index contributed by atoms with van der Waals surface area (Å²) in [6, 6.07) is 0. The highest BCUT2D eigenvalue weighted by Crippen LogP contribution is 2.25. The van der Waals surface area contributed by atoms with Gasteiger partial charge in [0.15, 0.2) is 0 Å². The molecule has 2 nitrogen and oxygen atoms in total. The van der Waals surface area contributed by atoms with Gasteiger partial charge in [0.25, 0.3) is 0 Å². The predicted molar refractivity (Wildman–Crippen MR) is 31.0 cm³/mol. The van der Waals surface area contributed by atoms with Crippen molar-refractivity contribution in [1.82, 2.24) is 0 Å². The van der Waals surface area contributed by atoms with Gasteiger partial charge in [0.1, 0.15) is 6.79 Å². The Bertz CT molecular complexity index is 117. The van der Waals surface area contributed by atoms with Gasteiger partial charge in [-0.05, 0) is 6.42 Å². The van der Waals surface area contributed by atoms with Crippen molar-refractivity contribution in [2.45, 2.75) is 25.1 Å². The van der Waals surface area contributed by atoms with Gasteiger partial charge in [-0.3, -0.25) is 0 Å². The number of ether oxygens (including phenoxy) is 2. The zero-order valence-corrected chi connectivity index (χ0v) is 5.86. The topological polar surface area (TPSA) is 18.5 Å². The lowest BCUT2D eigenvalue weighted by Crippen LogP contribution is -2.28. The summed E-state index contributed by atoms with van der Waals surface area (Å²) in [5.41, 5.74) is 0. The summed E-state index contributed by atoms with van der Waals surface area (Å²) >= 11 is 0. The zero-order valence-electron chi connectivity index (χ0n) is 5.86. The van der Waals surface area contributed by atoms with Crippen molar-refractivity contribution >= 4 is 0 Å². The molecule has 0 saturated carbocycles. The molecule has 1 heterocycles. The van der Waals surface area contributed by atoms with E-state index >= 15 is 0 Å². The molecular formula is C6H9F3O2. The first-order valence-corrected chi connectivity index (χ1v) is 3.34. The van der Waals surface area contributed by atoms with E-state index in [1.807, 2.05) is 0 Å². The number of rotatable bonds is 1. The second-order valence-corrected chi connectivity index (χ2v) is 2.42. The second-order valence-electron chi connectivity index (χ2n) is 2.42. The molecule has 0 amide bonds. The zero-order chi connectivity index (χ0) is 8.32. The molecular weight excluding hydrogens is 161 g/mol. The molecule has 0 aromatic rings. The number of hydrogen-bond acceptors (Lipinski definition) is 2. The van der Waals surface area contributed by atoms with E-state index in [1.54, 1.807) is 0 Å². The highest BCUT2D eigenvalue weighted by Gasteiger charge is 2.33. The van der Waals surface area contributed by atoms with Gasteiger partial charge in [-0.1, -0.05) is 0 Å². The first kappa shape index (κ1) is 8.80. The van der Waals surface area contributed by atoms with Crippen molar-refractivity contribution < 1.29 is 22.6 Å². The van der Waals surface area contributed by atoms with Crippen LogP contribution in [0.3, 0.4) is 0 Å². The average molecular weight is 170 g/mol. The third kappa shape index (κ3) is 3.57. The molecule has 0 aromatic heterocycles. The van der Waals surface area contributed by atoms with Crippen LogP contribution in [0.2, 0.25) is 0 Å². The van der Waals surface area contributed by atoms with E-state index in [0.29, 0.717) is 13.0 Å². The van der Waals surface area contributed by atoms with E-state index in [9.17, 15) is 13.2 Å². The summed E-state index contributed by atoms with van der Waals surface area (Å²) in [5, 5.41) is 0. The lowest BCUT2D eigenvalue weighted by Gasteiger charge is -2.23. The fourth-order valence-electron chi connectivity index (χ4n) is 0.921. The summed E-state index contributed by atoms with van der Waals surface area (Å²) in [6.07, 6.45) is -5.36. The number of alkyl halides is 3. The van der Waals surface area contributed by atoms with E-state index in [0.717, 1.165) is 0 Å². The number of halogens is 3. The molecule has 1 fully saturated rings. The summed E-state index contributed by atoms with van der Waals surface area (Å²) in [4.78, 5) is 0. The molecule has 5 heteroatoms. The first-order chi connectivity index (χ1) is 5.08. The van der Waals surface area contributed by atoms with Crippen LogP contribution in [0.4, 0.5) is 13.2 Å². The van der Waals surface area contributed by atoms with Gasteiger partial charge in [0.2, 0.25) is 0 Å². The van der Waals surface area contributed by atoms with Crippen molar-refractivity contribution in [2.24, 2.45) is 0 Å². The molecule has 0 bridgehead atoms. The Morgan fingerprint density at radius 1 is 1.36 bits per heavy atom. The Morgan fingerprint density at radius 3 is 2.55 bits per heavy atom. The maximum Gasteiger partial charge on any atom is 0.391 e. The van der Waals surface area contributed by atoms with Gasteiger partial charge in [-0.2, -0.15) is 13.2 Å². The smallest absolute Gasteiger partial charge is 0.355 e. The van der Waals surface area contributed by atoms with Crippen LogP contribution in [0, 0.1) is 0 Å². The predicted octanol–water partition coefficient (Wildman–Crippen LogP) is 1.70. The average Bonchev–Trinajstić information content (AvgIpc) is 1.85. The minimum Gasteiger partial charge on any atom is -0.355 e. The van der Waals surface area contributed by atoms with Gasteiger partial charge >= 0.3 is 6.18 Å². The van der Waals surface area contributed by atoms with Crippen molar-refractivity contribution in [1.29, 1.82) is 0 Å². The summed E-state index contributed by atoms with van der Waals surface area (Å²) < 4.78 is 44.6. The Hall–Kier alpha value is -0.290. The molecule has 0 N–H and O–H groups in total. The highest BCUT2D eigenvalue weighted by molar-refractivity contribution is 4.64. The quantitative estimate of drug-likeness (QED) is 0.596. The van der Waals surface area contributed by atoms with Crippen LogP contribution >= 0.6 is 0 Å². The molecule has 1 aliphatic heterocycles. The highest BCUT2D eigenvalue weighted by atomic mass is 19.4. The molecule has 1 saturated heterocycles. The molecule has 0 radical (unpaired) electrons. The minimum absolute atomic E-state index is 0.0131. The van der Waals surface area contributed by atoms with Gasteiger partial charge in [-0.15, -0.1) is 0 Å². The monoisotopic (exact) mass is 170 g/mol. The van der Waals surface area contributed by atoms with E-state index in [4.69, 9.17) is 9.47 Å². The third-order valence-electron chi connectivity index (χ3n) is 1.43. The Kier molecular flexibility index (Phi) is 2.72. The van der Waals surface area contributed by atoms with E-state index in [1.165, 1.54) is 0 Å².